The standard InChI is InChI=1S/C11H16N2OS/c1-15-7-6-11(14)13-10-5-3-2-4-9(10)8-12/h2-5H,6-8,12H2,1H3,(H,13,14). The Morgan fingerprint density at radius 3 is 2.87 bits per heavy atom. The van der Waals surface area contributed by atoms with Gasteiger partial charge in [-0.15, -0.1) is 0 Å². The summed E-state index contributed by atoms with van der Waals surface area (Å²) in [4.78, 5) is 11.5. The first kappa shape index (κ1) is 12.1. The second kappa shape index (κ2) is 6.48. The van der Waals surface area contributed by atoms with Crippen LogP contribution in [0.4, 0.5) is 5.69 Å². The number of nitrogens with one attached hydrogen (secondary N) is 1. The molecule has 82 valence electrons. The van der Waals surface area contributed by atoms with E-state index in [0.717, 1.165) is 17.0 Å². The molecule has 0 radical (unpaired) electrons. The van der Waals surface area contributed by atoms with E-state index in [9.17, 15) is 4.79 Å². The molecule has 4 heteroatoms. The van der Waals surface area contributed by atoms with Crippen LogP contribution in [0.2, 0.25) is 0 Å². The average Bonchev–Trinajstić information content (AvgIpc) is 2.27. The van der Waals surface area contributed by atoms with Gasteiger partial charge in [-0.1, -0.05) is 18.2 Å². The number of amides is 1. The number of nitrogens with two attached hydrogens (primary N) is 1. The minimum absolute atomic E-state index is 0.0465. The van der Waals surface area contributed by atoms with E-state index in [-0.39, 0.29) is 5.91 Å². The molecule has 3 nitrogen and oxygen atoms in total. The fourth-order valence-corrected chi connectivity index (χ4v) is 1.62. The maximum absolute atomic E-state index is 11.5. The minimum atomic E-state index is 0.0465. The third-order valence-electron chi connectivity index (χ3n) is 2.04. The third-order valence-corrected chi connectivity index (χ3v) is 2.66. The van der Waals surface area contributed by atoms with E-state index >= 15 is 0 Å². The quantitative estimate of drug-likeness (QED) is 0.802. The Kier molecular flexibility index (Phi) is 5.21. The number of thioether (sulfide) groups is 1. The van der Waals surface area contributed by atoms with Crippen LogP contribution in [0.25, 0.3) is 0 Å². The Hall–Kier alpha value is -1.00. The molecular formula is C11H16N2OS. The molecule has 0 aromatic heterocycles. The van der Waals surface area contributed by atoms with Crippen LogP contribution in [-0.4, -0.2) is 17.9 Å². The lowest BCUT2D eigenvalue weighted by Gasteiger charge is -2.08. The lowest BCUT2D eigenvalue weighted by molar-refractivity contribution is -0.115. The van der Waals surface area contributed by atoms with Gasteiger partial charge >= 0.3 is 0 Å². The molecule has 1 rings (SSSR count). The average molecular weight is 224 g/mol. The fraction of sp³-hybridized carbons (Fsp3) is 0.364. The Bertz CT molecular complexity index is 328. The topological polar surface area (TPSA) is 55.1 Å². The number of rotatable bonds is 5. The van der Waals surface area contributed by atoms with E-state index in [1.54, 1.807) is 11.8 Å². The van der Waals surface area contributed by atoms with Crippen LogP contribution in [0.3, 0.4) is 0 Å². The number of benzene rings is 1. The predicted octanol–water partition coefficient (Wildman–Crippen LogP) is 1.84. The molecule has 0 fully saturated rings. The zero-order valence-corrected chi connectivity index (χ0v) is 9.64. The Morgan fingerprint density at radius 1 is 1.47 bits per heavy atom. The summed E-state index contributed by atoms with van der Waals surface area (Å²) >= 11 is 1.66. The molecule has 0 heterocycles. The van der Waals surface area contributed by atoms with Gasteiger partial charge in [0.05, 0.1) is 0 Å². The molecule has 15 heavy (non-hydrogen) atoms. The van der Waals surface area contributed by atoms with Gasteiger partial charge in [-0.3, -0.25) is 4.79 Å². The van der Waals surface area contributed by atoms with Gasteiger partial charge in [0.25, 0.3) is 0 Å². The molecule has 0 saturated heterocycles. The van der Waals surface area contributed by atoms with E-state index in [1.807, 2.05) is 30.5 Å². The summed E-state index contributed by atoms with van der Waals surface area (Å²) in [5, 5.41) is 2.86. The van der Waals surface area contributed by atoms with Gasteiger partial charge in [-0.2, -0.15) is 11.8 Å². The largest absolute Gasteiger partial charge is 0.326 e. The van der Waals surface area contributed by atoms with Crippen molar-refractivity contribution in [1.29, 1.82) is 0 Å². The van der Waals surface area contributed by atoms with E-state index in [2.05, 4.69) is 5.32 Å². The molecule has 1 aromatic rings. The first-order valence-electron chi connectivity index (χ1n) is 4.84. The monoisotopic (exact) mass is 224 g/mol. The number of para-hydroxylation sites is 1. The Morgan fingerprint density at radius 2 is 2.20 bits per heavy atom. The predicted molar refractivity (Wildman–Crippen MR) is 66.0 cm³/mol. The molecule has 1 aromatic carbocycles. The third kappa shape index (κ3) is 3.93. The summed E-state index contributed by atoms with van der Waals surface area (Å²) in [6.07, 6.45) is 2.53. The number of carbonyl (C=O) groups is 1. The number of hydrogen-bond acceptors (Lipinski definition) is 3. The molecule has 0 saturated carbocycles. The number of anilines is 1. The maximum atomic E-state index is 11.5. The van der Waals surface area contributed by atoms with Crippen LogP contribution in [0.1, 0.15) is 12.0 Å². The number of hydrogen-bond donors (Lipinski definition) is 2. The summed E-state index contributed by atoms with van der Waals surface area (Å²) in [5.41, 5.74) is 7.36. The van der Waals surface area contributed by atoms with Gasteiger partial charge in [-0.25, -0.2) is 0 Å². The van der Waals surface area contributed by atoms with Crippen molar-refractivity contribution in [2.75, 3.05) is 17.3 Å². The molecular weight excluding hydrogens is 208 g/mol. The fourth-order valence-electron chi connectivity index (χ4n) is 1.23. The van der Waals surface area contributed by atoms with Gasteiger partial charge in [-0.05, 0) is 17.9 Å². The van der Waals surface area contributed by atoms with Crippen molar-refractivity contribution in [2.45, 2.75) is 13.0 Å². The minimum Gasteiger partial charge on any atom is -0.326 e. The zero-order valence-electron chi connectivity index (χ0n) is 8.82. The summed E-state index contributed by atoms with van der Waals surface area (Å²) < 4.78 is 0. The zero-order chi connectivity index (χ0) is 11.1. The Labute approximate surface area is 94.4 Å². The second-order valence-corrected chi connectivity index (χ2v) is 4.14. The van der Waals surface area contributed by atoms with Crippen molar-refractivity contribution < 1.29 is 4.79 Å². The van der Waals surface area contributed by atoms with Crippen molar-refractivity contribution in [2.24, 2.45) is 5.73 Å². The van der Waals surface area contributed by atoms with E-state index in [1.165, 1.54) is 0 Å². The van der Waals surface area contributed by atoms with Crippen molar-refractivity contribution in [3.8, 4) is 0 Å². The maximum Gasteiger partial charge on any atom is 0.225 e. The number of carbonyl (C=O) groups excluding carboxylic acids is 1. The summed E-state index contributed by atoms with van der Waals surface area (Å²) in [7, 11) is 0. The van der Waals surface area contributed by atoms with Crippen LogP contribution in [0.15, 0.2) is 24.3 Å². The SMILES string of the molecule is CSCCC(=O)Nc1ccccc1CN. The van der Waals surface area contributed by atoms with Gasteiger partial charge in [0, 0.05) is 24.4 Å². The smallest absolute Gasteiger partial charge is 0.225 e. The van der Waals surface area contributed by atoms with Crippen molar-refractivity contribution in [3.63, 3.8) is 0 Å². The normalized spacial score (nSPS) is 10.0. The highest BCUT2D eigenvalue weighted by atomic mass is 32.2. The first-order valence-corrected chi connectivity index (χ1v) is 6.24. The highest BCUT2D eigenvalue weighted by Gasteiger charge is 2.04. The molecule has 0 atom stereocenters. The molecule has 0 bridgehead atoms. The second-order valence-electron chi connectivity index (χ2n) is 3.15. The van der Waals surface area contributed by atoms with E-state index in [4.69, 9.17) is 5.73 Å². The molecule has 0 aliphatic rings. The highest BCUT2D eigenvalue weighted by molar-refractivity contribution is 7.98. The van der Waals surface area contributed by atoms with Crippen molar-refractivity contribution in [3.05, 3.63) is 29.8 Å². The molecule has 1 amide bonds. The summed E-state index contributed by atoms with van der Waals surface area (Å²) in [6, 6.07) is 7.60. The molecule has 0 aliphatic carbocycles. The first-order chi connectivity index (χ1) is 7.27. The molecule has 0 unspecified atom stereocenters. The summed E-state index contributed by atoms with van der Waals surface area (Å²) in [5.74, 6) is 0.890. The van der Waals surface area contributed by atoms with Crippen LogP contribution < -0.4 is 11.1 Å². The lowest BCUT2D eigenvalue weighted by atomic mass is 10.2. The molecule has 0 spiro atoms. The van der Waals surface area contributed by atoms with Crippen LogP contribution in [0, 0.1) is 0 Å². The van der Waals surface area contributed by atoms with Gasteiger partial charge < -0.3 is 11.1 Å². The van der Waals surface area contributed by atoms with Crippen LogP contribution in [0.5, 0.6) is 0 Å². The van der Waals surface area contributed by atoms with E-state index in [0.29, 0.717) is 13.0 Å². The van der Waals surface area contributed by atoms with E-state index < -0.39 is 0 Å². The Balaban J connectivity index is 2.59. The summed E-state index contributed by atoms with van der Waals surface area (Å²) in [6.45, 7) is 0.443. The van der Waals surface area contributed by atoms with Crippen LogP contribution in [-0.2, 0) is 11.3 Å². The van der Waals surface area contributed by atoms with Crippen LogP contribution >= 0.6 is 11.8 Å². The van der Waals surface area contributed by atoms with Gasteiger partial charge in [0.15, 0.2) is 0 Å². The molecule has 3 N–H and O–H groups in total. The van der Waals surface area contributed by atoms with Crippen molar-refractivity contribution in [1.82, 2.24) is 0 Å². The lowest BCUT2D eigenvalue weighted by Crippen LogP contribution is -2.14. The highest BCUT2D eigenvalue weighted by Crippen LogP contribution is 2.14. The van der Waals surface area contributed by atoms with Crippen molar-refractivity contribution >= 4 is 23.4 Å². The molecule has 0 aliphatic heterocycles. The van der Waals surface area contributed by atoms with Gasteiger partial charge in [0.2, 0.25) is 5.91 Å². The van der Waals surface area contributed by atoms with Gasteiger partial charge in [0.1, 0.15) is 0 Å².